The van der Waals surface area contributed by atoms with Crippen LogP contribution < -0.4 is 0 Å². The fraction of sp³-hybridized carbons (Fsp3) is 0.667. The number of hydrogen-bond donors (Lipinski definition) is 0. The van der Waals surface area contributed by atoms with E-state index in [4.69, 9.17) is 92.8 Å². The molecule has 0 aliphatic carbocycles. The van der Waals surface area contributed by atoms with Crippen LogP contribution >= 0.6 is 92.8 Å². The molecule has 0 spiro atoms. The van der Waals surface area contributed by atoms with Crippen molar-refractivity contribution in [3.05, 3.63) is 10.6 Å². The summed E-state index contributed by atoms with van der Waals surface area (Å²) in [7, 11) is 0. The molecular weight excluding hydrogens is 356 g/mol. The summed E-state index contributed by atoms with van der Waals surface area (Å²) in [6.07, 6.45) is 0. The molecule has 0 aliphatic rings. The highest BCUT2D eigenvalue weighted by Crippen LogP contribution is 2.42. The summed E-state index contributed by atoms with van der Waals surface area (Å²) in [5, 5.41) is -1.74. The van der Waals surface area contributed by atoms with E-state index in [9.17, 15) is 0 Å². The summed E-state index contributed by atoms with van der Waals surface area (Å²) >= 11 is 45.2. The van der Waals surface area contributed by atoms with Crippen LogP contribution in [0.4, 0.5) is 0 Å². The topological polar surface area (TPSA) is 0 Å². The van der Waals surface area contributed by atoms with Gasteiger partial charge in [0.15, 0.2) is 4.33 Å². The third kappa shape index (κ3) is 4.14. The fourth-order valence-corrected chi connectivity index (χ4v) is 2.21. The van der Waals surface area contributed by atoms with E-state index in [1.807, 2.05) is 0 Å². The van der Waals surface area contributed by atoms with Crippen molar-refractivity contribution < 1.29 is 0 Å². The van der Waals surface area contributed by atoms with Gasteiger partial charge in [-0.15, -0.1) is 46.4 Å². The summed E-state index contributed by atoms with van der Waals surface area (Å²) in [6.45, 7) is 0. The lowest BCUT2D eigenvalue weighted by Crippen LogP contribution is -2.39. The van der Waals surface area contributed by atoms with Crippen molar-refractivity contribution in [1.82, 2.24) is 0 Å². The molecule has 8 heteroatoms. The van der Waals surface area contributed by atoms with Crippen LogP contribution in [0, 0.1) is 0 Å². The fourth-order valence-electron chi connectivity index (χ4n) is 0.515. The zero-order chi connectivity index (χ0) is 11.5. The molecule has 0 fully saturated rings. The van der Waals surface area contributed by atoms with Gasteiger partial charge in [0.25, 0.3) is 0 Å². The van der Waals surface area contributed by atoms with Gasteiger partial charge in [-0.25, -0.2) is 0 Å². The monoisotopic (exact) mass is 356 g/mol. The lowest BCUT2D eigenvalue weighted by molar-refractivity contribution is 0.754. The average Bonchev–Trinajstić information content (AvgIpc) is 2.13. The molecular formula is C6H4Cl8. The molecule has 0 aromatic rings. The number of alkyl halides is 6. The van der Waals surface area contributed by atoms with Crippen molar-refractivity contribution in [1.29, 1.82) is 0 Å². The van der Waals surface area contributed by atoms with Gasteiger partial charge in [0.1, 0.15) is 4.84 Å². The predicted octanol–water partition coefficient (Wildman–Crippen LogP) is 5.50. The molecule has 0 rings (SSSR count). The summed E-state index contributed by atoms with van der Waals surface area (Å²) in [4.78, 5) is -1.10. The van der Waals surface area contributed by atoms with Crippen LogP contribution in [-0.2, 0) is 0 Å². The van der Waals surface area contributed by atoms with Gasteiger partial charge in [0.05, 0.1) is 10.8 Å². The maximum atomic E-state index is 5.84. The Labute approximate surface area is 122 Å². The van der Waals surface area contributed by atoms with Crippen LogP contribution in [0.2, 0.25) is 0 Å². The van der Waals surface area contributed by atoms with Gasteiger partial charge in [-0.05, 0) is 0 Å². The maximum absolute atomic E-state index is 5.84. The first-order valence-corrected chi connectivity index (χ1v) is 6.46. The highest BCUT2D eigenvalue weighted by molar-refractivity contribution is 6.62. The zero-order valence-corrected chi connectivity index (χ0v) is 12.4. The number of allylic oxidation sites excluding steroid dienone is 1. The molecule has 0 radical (unpaired) electrons. The highest BCUT2D eigenvalue weighted by Gasteiger charge is 2.44. The van der Waals surface area contributed by atoms with Crippen molar-refractivity contribution in [3.8, 4) is 0 Å². The van der Waals surface area contributed by atoms with Crippen LogP contribution in [0.3, 0.4) is 0 Å². The maximum Gasteiger partial charge on any atom is 0.166 e. The van der Waals surface area contributed by atoms with Gasteiger partial charge in [-0.3, -0.25) is 0 Å². The van der Waals surface area contributed by atoms with Gasteiger partial charge in [-0.2, -0.15) is 0 Å². The SMILES string of the molecule is Cl/C=C(\Cl)[C@H](Cl)[C@@H](Cl)C(Cl)(Cl)C(Cl)Cl. The Morgan fingerprint density at radius 1 is 1.07 bits per heavy atom. The van der Waals surface area contributed by atoms with Gasteiger partial charge in [0.2, 0.25) is 0 Å². The molecule has 0 unspecified atom stereocenters. The molecule has 0 heterocycles. The lowest BCUT2D eigenvalue weighted by atomic mass is 10.2. The minimum absolute atomic E-state index is 0.105. The third-order valence-electron chi connectivity index (χ3n) is 1.28. The Morgan fingerprint density at radius 2 is 1.50 bits per heavy atom. The van der Waals surface area contributed by atoms with Gasteiger partial charge in [0, 0.05) is 10.6 Å². The molecule has 84 valence electrons. The first-order valence-electron chi connectivity index (χ1n) is 3.15. The van der Waals surface area contributed by atoms with Crippen molar-refractivity contribution in [2.45, 2.75) is 19.9 Å². The molecule has 0 aromatic carbocycles. The predicted molar refractivity (Wildman–Crippen MR) is 69.0 cm³/mol. The minimum Gasteiger partial charge on any atom is -0.118 e. The van der Waals surface area contributed by atoms with Gasteiger partial charge >= 0.3 is 0 Å². The molecule has 0 saturated heterocycles. The van der Waals surface area contributed by atoms with Crippen LogP contribution in [0.1, 0.15) is 0 Å². The second kappa shape index (κ2) is 6.71. The minimum atomic E-state index is -1.61. The van der Waals surface area contributed by atoms with E-state index in [2.05, 4.69) is 0 Å². The highest BCUT2D eigenvalue weighted by atomic mass is 35.5. The molecule has 2 atom stereocenters. The Hall–Kier alpha value is 2.06. The molecule has 14 heavy (non-hydrogen) atoms. The van der Waals surface area contributed by atoms with E-state index in [0.717, 1.165) is 5.54 Å². The van der Waals surface area contributed by atoms with Crippen molar-refractivity contribution in [3.63, 3.8) is 0 Å². The van der Waals surface area contributed by atoms with Crippen LogP contribution in [0.25, 0.3) is 0 Å². The standard InChI is InChI=1S/C6H4Cl8/c7-1-2(8)3(9)4(10)6(13,14)5(11)12/h1,3-5H/b2-1-/t3-,4+/m0/s1. The quantitative estimate of drug-likeness (QED) is 0.582. The Balaban J connectivity index is 4.69. The van der Waals surface area contributed by atoms with Gasteiger partial charge < -0.3 is 0 Å². The van der Waals surface area contributed by atoms with E-state index < -0.39 is 19.9 Å². The molecule has 0 bridgehead atoms. The first-order chi connectivity index (χ1) is 6.25. The average molecular weight is 360 g/mol. The first kappa shape index (κ1) is 16.1. The number of hydrogen-bond acceptors (Lipinski definition) is 0. The van der Waals surface area contributed by atoms with Crippen molar-refractivity contribution in [2.24, 2.45) is 0 Å². The molecule has 0 nitrogen and oxygen atoms in total. The van der Waals surface area contributed by atoms with Crippen LogP contribution in [0.15, 0.2) is 10.6 Å². The van der Waals surface area contributed by atoms with Crippen molar-refractivity contribution in [2.75, 3.05) is 0 Å². The Bertz CT molecular complexity index is 210. The zero-order valence-electron chi connectivity index (χ0n) is 6.33. The van der Waals surface area contributed by atoms with Crippen molar-refractivity contribution >= 4 is 92.8 Å². The van der Waals surface area contributed by atoms with Gasteiger partial charge in [-0.1, -0.05) is 46.4 Å². The summed E-state index contributed by atoms with van der Waals surface area (Å²) in [5.74, 6) is 0. The molecule has 0 aliphatic heterocycles. The summed E-state index contributed by atoms with van der Waals surface area (Å²) in [6, 6.07) is 0. The largest absolute Gasteiger partial charge is 0.166 e. The van der Waals surface area contributed by atoms with Crippen LogP contribution in [-0.4, -0.2) is 19.9 Å². The van der Waals surface area contributed by atoms with E-state index >= 15 is 0 Å². The normalized spacial score (nSPS) is 18.5. The second-order valence-corrected chi connectivity index (χ2v) is 6.41. The third-order valence-corrected chi connectivity index (χ3v) is 5.56. The molecule has 0 N–H and O–H groups in total. The number of rotatable bonds is 4. The summed E-state index contributed by atoms with van der Waals surface area (Å²) in [5.41, 5.74) is 1.07. The Morgan fingerprint density at radius 3 is 1.79 bits per heavy atom. The van der Waals surface area contributed by atoms with Crippen LogP contribution in [0.5, 0.6) is 0 Å². The smallest absolute Gasteiger partial charge is 0.118 e. The Kier molecular flexibility index (Phi) is 7.70. The number of halogens is 8. The van der Waals surface area contributed by atoms with E-state index in [1.165, 1.54) is 0 Å². The second-order valence-electron chi connectivity index (χ2n) is 2.27. The lowest BCUT2D eigenvalue weighted by Gasteiger charge is -2.28. The summed E-state index contributed by atoms with van der Waals surface area (Å²) < 4.78 is -1.61. The van der Waals surface area contributed by atoms with E-state index in [-0.39, 0.29) is 5.03 Å². The molecule has 0 aromatic heterocycles. The van der Waals surface area contributed by atoms with E-state index in [0.29, 0.717) is 0 Å². The van der Waals surface area contributed by atoms with E-state index in [1.54, 1.807) is 0 Å². The molecule has 0 saturated carbocycles. The molecule has 0 amide bonds.